The maximum absolute atomic E-state index is 13.4. The Morgan fingerprint density at radius 1 is 1.17 bits per heavy atom. The van der Waals surface area contributed by atoms with Crippen molar-refractivity contribution >= 4 is 50.5 Å². The molecule has 1 fully saturated rings. The van der Waals surface area contributed by atoms with Crippen molar-refractivity contribution in [3.63, 3.8) is 0 Å². The Balaban J connectivity index is 1.93. The minimum absolute atomic E-state index is 0.0578. The summed E-state index contributed by atoms with van der Waals surface area (Å²) in [6.07, 6.45) is 1.17. The average Bonchev–Trinajstić information content (AvgIpc) is 3.04. The molecular formula is C21H22Cl3NO4S. The zero-order chi connectivity index (χ0) is 21.9. The number of ether oxygens (including phenoxy) is 1. The van der Waals surface area contributed by atoms with Gasteiger partial charge in [-0.15, -0.1) is 0 Å². The minimum atomic E-state index is -3.18. The molecule has 1 aliphatic rings. The lowest BCUT2D eigenvalue weighted by Gasteiger charge is -2.29. The van der Waals surface area contributed by atoms with Crippen molar-refractivity contribution < 1.29 is 17.9 Å². The predicted octanol–water partition coefficient (Wildman–Crippen LogP) is 5.27. The molecule has 2 aromatic rings. The normalized spacial score (nSPS) is 17.7. The summed E-state index contributed by atoms with van der Waals surface area (Å²) in [5.41, 5.74) is 1.08. The Hall–Kier alpha value is -1.47. The van der Waals surface area contributed by atoms with E-state index in [0.29, 0.717) is 23.8 Å². The SMILES string of the molecule is CCCOc1c(Cl)cc(C(=O)N(Cc2cccc(Cl)c2)C2CCS(=O)(=O)C2)cc1Cl. The first kappa shape index (κ1) is 23.2. The van der Waals surface area contributed by atoms with Crippen LogP contribution in [0.25, 0.3) is 0 Å². The van der Waals surface area contributed by atoms with E-state index < -0.39 is 15.9 Å². The molecule has 9 heteroatoms. The molecule has 162 valence electrons. The first-order chi connectivity index (χ1) is 14.2. The Morgan fingerprint density at radius 2 is 1.87 bits per heavy atom. The third-order valence-electron chi connectivity index (χ3n) is 4.85. The smallest absolute Gasteiger partial charge is 0.254 e. The molecule has 1 heterocycles. The van der Waals surface area contributed by atoms with E-state index in [-0.39, 0.29) is 39.6 Å². The monoisotopic (exact) mass is 489 g/mol. The fraction of sp³-hybridized carbons (Fsp3) is 0.381. The fourth-order valence-electron chi connectivity index (χ4n) is 3.41. The zero-order valence-corrected chi connectivity index (χ0v) is 19.5. The van der Waals surface area contributed by atoms with Crippen molar-refractivity contribution in [2.24, 2.45) is 0 Å². The highest BCUT2D eigenvalue weighted by Gasteiger charge is 2.35. The van der Waals surface area contributed by atoms with Crippen LogP contribution in [0.4, 0.5) is 0 Å². The van der Waals surface area contributed by atoms with Crippen molar-refractivity contribution in [2.45, 2.75) is 32.4 Å². The number of sulfone groups is 1. The van der Waals surface area contributed by atoms with E-state index in [0.717, 1.165) is 12.0 Å². The molecule has 30 heavy (non-hydrogen) atoms. The number of hydrogen-bond donors (Lipinski definition) is 0. The van der Waals surface area contributed by atoms with Gasteiger partial charge in [-0.1, -0.05) is 53.9 Å². The summed E-state index contributed by atoms with van der Waals surface area (Å²) in [7, 11) is -3.18. The molecule has 0 spiro atoms. The quantitative estimate of drug-likeness (QED) is 0.531. The van der Waals surface area contributed by atoms with Gasteiger partial charge in [0.1, 0.15) is 0 Å². The summed E-state index contributed by atoms with van der Waals surface area (Å²) >= 11 is 18.7. The number of hydrogen-bond acceptors (Lipinski definition) is 4. The third kappa shape index (κ3) is 5.61. The molecule has 3 rings (SSSR count). The summed E-state index contributed by atoms with van der Waals surface area (Å²) in [4.78, 5) is 15.0. The highest BCUT2D eigenvalue weighted by Crippen LogP contribution is 2.35. The summed E-state index contributed by atoms with van der Waals surface area (Å²) in [5, 5.41) is 1.02. The predicted molar refractivity (Wildman–Crippen MR) is 121 cm³/mol. The van der Waals surface area contributed by atoms with E-state index in [2.05, 4.69) is 0 Å². The first-order valence-corrected chi connectivity index (χ1v) is 12.5. The molecular weight excluding hydrogens is 469 g/mol. The lowest BCUT2D eigenvalue weighted by molar-refractivity contribution is 0.0681. The molecule has 0 aromatic heterocycles. The zero-order valence-electron chi connectivity index (χ0n) is 16.4. The molecule has 0 bridgehead atoms. The summed E-state index contributed by atoms with van der Waals surface area (Å²) in [5.74, 6) is -0.0229. The molecule has 1 atom stereocenters. The highest BCUT2D eigenvalue weighted by molar-refractivity contribution is 7.91. The van der Waals surface area contributed by atoms with Gasteiger partial charge in [0.25, 0.3) is 5.91 Å². The van der Waals surface area contributed by atoms with E-state index in [9.17, 15) is 13.2 Å². The number of halogens is 3. The van der Waals surface area contributed by atoms with Crippen LogP contribution >= 0.6 is 34.8 Å². The molecule has 0 aliphatic carbocycles. The molecule has 0 radical (unpaired) electrons. The van der Waals surface area contributed by atoms with Crippen LogP contribution in [-0.2, 0) is 16.4 Å². The highest BCUT2D eigenvalue weighted by atomic mass is 35.5. The fourth-order valence-corrected chi connectivity index (χ4v) is 5.95. The van der Waals surface area contributed by atoms with Gasteiger partial charge < -0.3 is 9.64 Å². The van der Waals surface area contributed by atoms with Gasteiger partial charge in [-0.3, -0.25) is 4.79 Å². The number of rotatable bonds is 7. The molecule has 0 N–H and O–H groups in total. The lowest BCUT2D eigenvalue weighted by Crippen LogP contribution is -2.40. The van der Waals surface area contributed by atoms with Gasteiger partial charge in [0.2, 0.25) is 0 Å². The summed E-state index contributed by atoms with van der Waals surface area (Å²) in [6, 6.07) is 9.72. The second-order valence-electron chi connectivity index (χ2n) is 7.24. The minimum Gasteiger partial charge on any atom is -0.490 e. The van der Waals surface area contributed by atoms with Gasteiger partial charge in [0, 0.05) is 23.2 Å². The van der Waals surface area contributed by atoms with Crippen LogP contribution < -0.4 is 4.74 Å². The molecule has 1 amide bonds. The van der Waals surface area contributed by atoms with Crippen molar-refractivity contribution in [2.75, 3.05) is 18.1 Å². The number of nitrogens with zero attached hydrogens (tertiary/aromatic N) is 1. The Morgan fingerprint density at radius 3 is 2.43 bits per heavy atom. The van der Waals surface area contributed by atoms with Crippen molar-refractivity contribution in [1.29, 1.82) is 0 Å². The van der Waals surface area contributed by atoms with Gasteiger partial charge in [-0.25, -0.2) is 8.42 Å². The van der Waals surface area contributed by atoms with Gasteiger partial charge in [0.05, 0.1) is 28.2 Å². The van der Waals surface area contributed by atoms with Crippen LogP contribution in [0.1, 0.15) is 35.7 Å². The number of benzene rings is 2. The Bertz CT molecular complexity index is 1020. The summed E-state index contributed by atoms with van der Waals surface area (Å²) < 4.78 is 29.7. The second kappa shape index (κ2) is 9.77. The number of carbonyl (C=O) groups excluding carboxylic acids is 1. The standard InChI is InChI=1S/C21H22Cl3NO4S/c1-2-7-29-20-18(23)10-15(11-19(20)24)21(26)25(17-6-8-30(27,28)13-17)12-14-4-3-5-16(22)9-14/h3-5,9-11,17H,2,6-8,12-13H2,1H3. The maximum Gasteiger partial charge on any atom is 0.254 e. The Labute approximate surface area is 191 Å². The number of amides is 1. The average molecular weight is 491 g/mol. The van der Waals surface area contributed by atoms with Crippen molar-refractivity contribution in [3.05, 3.63) is 62.6 Å². The van der Waals surface area contributed by atoms with Crippen LogP contribution in [0, 0.1) is 0 Å². The summed E-state index contributed by atoms with van der Waals surface area (Å²) in [6.45, 7) is 2.64. The number of carbonyl (C=O) groups is 1. The van der Waals surface area contributed by atoms with E-state index in [1.54, 1.807) is 23.1 Å². The van der Waals surface area contributed by atoms with E-state index >= 15 is 0 Å². The largest absolute Gasteiger partial charge is 0.490 e. The maximum atomic E-state index is 13.4. The van der Waals surface area contributed by atoms with E-state index in [4.69, 9.17) is 39.5 Å². The third-order valence-corrected chi connectivity index (χ3v) is 7.39. The first-order valence-electron chi connectivity index (χ1n) is 9.58. The van der Waals surface area contributed by atoms with Gasteiger partial charge in [-0.05, 0) is 42.7 Å². The topological polar surface area (TPSA) is 63.7 Å². The molecule has 1 saturated heterocycles. The van der Waals surface area contributed by atoms with Crippen LogP contribution in [0.5, 0.6) is 5.75 Å². The lowest BCUT2D eigenvalue weighted by atomic mass is 10.1. The van der Waals surface area contributed by atoms with Gasteiger partial charge in [0.15, 0.2) is 15.6 Å². The van der Waals surface area contributed by atoms with Gasteiger partial charge in [-0.2, -0.15) is 0 Å². The van der Waals surface area contributed by atoms with Crippen molar-refractivity contribution in [1.82, 2.24) is 4.90 Å². The molecule has 1 aliphatic heterocycles. The van der Waals surface area contributed by atoms with Crippen LogP contribution in [-0.4, -0.2) is 43.4 Å². The van der Waals surface area contributed by atoms with Gasteiger partial charge >= 0.3 is 0 Å². The van der Waals surface area contributed by atoms with E-state index in [1.165, 1.54) is 12.1 Å². The molecule has 2 aromatic carbocycles. The Kier molecular flexibility index (Phi) is 7.56. The van der Waals surface area contributed by atoms with E-state index in [1.807, 2.05) is 13.0 Å². The molecule has 5 nitrogen and oxygen atoms in total. The van der Waals surface area contributed by atoms with Crippen LogP contribution in [0.2, 0.25) is 15.1 Å². The van der Waals surface area contributed by atoms with Crippen LogP contribution in [0.15, 0.2) is 36.4 Å². The van der Waals surface area contributed by atoms with Crippen molar-refractivity contribution in [3.8, 4) is 5.75 Å². The second-order valence-corrected chi connectivity index (χ2v) is 10.7. The molecule has 1 unspecified atom stereocenters. The van der Waals surface area contributed by atoms with Crippen LogP contribution in [0.3, 0.4) is 0 Å². The molecule has 0 saturated carbocycles.